The molecule has 2 amide bonds. The molecule has 218 valence electrons. The Bertz CT molecular complexity index is 666. The minimum absolute atomic E-state index is 0.0915. The molecule has 4 N–H and O–H groups in total. The topological polar surface area (TPSA) is 153 Å². The van der Waals surface area contributed by atoms with Crippen LogP contribution in [0.15, 0.2) is 0 Å². The summed E-state index contributed by atoms with van der Waals surface area (Å²) in [4.78, 5) is 47.8. The van der Waals surface area contributed by atoms with Gasteiger partial charge in [0.1, 0.15) is 0 Å². The van der Waals surface area contributed by atoms with Crippen molar-refractivity contribution in [2.45, 2.75) is 90.6 Å². The highest BCUT2D eigenvalue weighted by molar-refractivity contribution is 5.73. The van der Waals surface area contributed by atoms with Crippen LogP contribution in [0.3, 0.4) is 0 Å². The second-order valence-corrected chi connectivity index (χ2v) is 9.84. The van der Waals surface area contributed by atoms with Gasteiger partial charge in [-0.25, -0.2) is 9.59 Å². The molecule has 0 spiro atoms. The van der Waals surface area contributed by atoms with Gasteiger partial charge in [-0.05, 0) is 25.7 Å². The van der Waals surface area contributed by atoms with Crippen molar-refractivity contribution in [2.75, 3.05) is 39.3 Å². The van der Waals surface area contributed by atoms with Crippen molar-refractivity contribution in [3.05, 3.63) is 0 Å². The highest BCUT2D eigenvalue weighted by atomic mass is 16.7. The van der Waals surface area contributed by atoms with E-state index in [1.54, 1.807) is 0 Å². The molecule has 0 bridgehead atoms. The van der Waals surface area contributed by atoms with E-state index in [0.717, 1.165) is 64.2 Å². The predicted molar refractivity (Wildman–Crippen MR) is 139 cm³/mol. The molecule has 0 radical (unpaired) electrons. The lowest BCUT2D eigenvalue weighted by Crippen LogP contribution is -2.39. The lowest BCUT2D eigenvalue weighted by molar-refractivity contribution is -0.172. The molecular weight excluding hydrogens is 496 g/mol. The Kier molecular flexibility index (Phi) is 15.5. The van der Waals surface area contributed by atoms with E-state index >= 15 is 0 Å². The van der Waals surface area contributed by atoms with Gasteiger partial charge in [0.05, 0.1) is 11.8 Å². The summed E-state index contributed by atoms with van der Waals surface area (Å²) in [5.41, 5.74) is 0. The average molecular weight is 543 g/mol. The minimum Gasteiger partial charge on any atom is -0.425 e. The molecule has 0 heterocycles. The first kappa shape index (κ1) is 31.6. The third-order valence-corrected chi connectivity index (χ3v) is 6.61. The fourth-order valence-corrected chi connectivity index (χ4v) is 4.56. The van der Waals surface area contributed by atoms with Gasteiger partial charge in [-0.2, -0.15) is 0 Å². The largest absolute Gasteiger partial charge is 0.425 e. The summed E-state index contributed by atoms with van der Waals surface area (Å²) in [5.74, 6) is -0.773. The molecule has 0 aromatic heterocycles. The monoisotopic (exact) mass is 542 g/mol. The van der Waals surface area contributed by atoms with Crippen LogP contribution in [0.5, 0.6) is 0 Å². The van der Waals surface area contributed by atoms with Crippen molar-refractivity contribution in [1.29, 1.82) is 0 Å². The maximum Gasteiger partial charge on any atom is 0.410 e. The van der Waals surface area contributed by atoms with E-state index in [4.69, 9.17) is 18.9 Å². The van der Waals surface area contributed by atoms with E-state index in [0.29, 0.717) is 39.3 Å². The second-order valence-electron chi connectivity index (χ2n) is 9.84. The first-order chi connectivity index (χ1) is 18.3. The third-order valence-electron chi connectivity index (χ3n) is 6.61. The van der Waals surface area contributed by atoms with Gasteiger partial charge in [0.15, 0.2) is 0 Å². The van der Waals surface area contributed by atoms with Gasteiger partial charge < -0.3 is 40.2 Å². The molecule has 0 aromatic rings. The number of ether oxygens (including phenoxy) is 4. The molecule has 0 aromatic carbocycles. The molecule has 12 nitrogen and oxygen atoms in total. The van der Waals surface area contributed by atoms with Crippen LogP contribution in [0, 0.1) is 11.8 Å². The number of carbonyl (C=O) groups is 4. The Balaban J connectivity index is 1.38. The van der Waals surface area contributed by atoms with Crippen molar-refractivity contribution in [3.8, 4) is 0 Å². The zero-order valence-electron chi connectivity index (χ0n) is 22.9. The van der Waals surface area contributed by atoms with E-state index in [-0.39, 0.29) is 23.8 Å². The zero-order chi connectivity index (χ0) is 27.6. The normalized spacial score (nSPS) is 18.1. The van der Waals surface area contributed by atoms with Crippen molar-refractivity contribution >= 4 is 24.1 Å². The smallest absolute Gasteiger partial charge is 0.410 e. The average Bonchev–Trinajstić information content (AvgIpc) is 2.90. The minimum atomic E-state index is -0.924. The van der Waals surface area contributed by atoms with Crippen LogP contribution in [0.4, 0.5) is 9.59 Å². The molecule has 0 aliphatic heterocycles. The number of esters is 2. The van der Waals surface area contributed by atoms with Crippen LogP contribution in [-0.2, 0) is 28.5 Å². The van der Waals surface area contributed by atoms with Crippen molar-refractivity contribution < 1.29 is 38.1 Å². The Morgan fingerprint density at radius 2 is 0.895 bits per heavy atom. The molecule has 2 fully saturated rings. The van der Waals surface area contributed by atoms with Crippen LogP contribution in [0.2, 0.25) is 0 Å². The van der Waals surface area contributed by atoms with E-state index in [1.807, 2.05) is 0 Å². The number of nitrogens with one attached hydrogen (secondary N) is 4. The van der Waals surface area contributed by atoms with E-state index < -0.39 is 24.8 Å². The first-order valence-electron chi connectivity index (χ1n) is 14.1. The van der Waals surface area contributed by atoms with Crippen LogP contribution in [-0.4, -0.2) is 76.0 Å². The number of carbonyl (C=O) groups excluding carboxylic acids is 4. The highest BCUT2D eigenvalue weighted by Gasteiger charge is 2.26. The van der Waals surface area contributed by atoms with Gasteiger partial charge in [0.2, 0.25) is 12.6 Å². The number of hydrogen-bond acceptors (Lipinski definition) is 10. The fraction of sp³-hybridized carbons (Fsp3) is 0.846. The Morgan fingerprint density at radius 3 is 1.26 bits per heavy atom. The quantitative estimate of drug-likeness (QED) is 0.138. The van der Waals surface area contributed by atoms with Gasteiger partial charge in [-0.1, -0.05) is 38.5 Å². The summed E-state index contributed by atoms with van der Waals surface area (Å²) in [5, 5.41) is 11.5. The Hall–Kier alpha value is -2.60. The van der Waals surface area contributed by atoms with Crippen LogP contribution >= 0.6 is 0 Å². The number of hydrogen-bond donors (Lipinski definition) is 4. The predicted octanol–water partition coefficient (Wildman–Crippen LogP) is 2.56. The van der Waals surface area contributed by atoms with Gasteiger partial charge in [-0.15, -0.1) is 0 Å². The maximum atomic E-state index is 12.1. The van der Waals surface area contributed by atoms with Crippen molar-refractivity contribution in [2.24, 2.45) is 11.8 Å². The Morgan fingerprint density at radius 1 is 0.553 bits per heavy atom. The lowest BCUT2D eigenvalue weighted by atomic mass is 9.89. The summed E-state index contributed by atoms with van der Waals surface area (Å²) in [6.45, 7) is 6.18. The zero-order valence-corrected chi connectivity index (χ0v) is 22.9. The summed E-state index contributed by atoms with van der Waals surface area (Å²) in [6.07, 6.45) is 6.64. The maximum absolute atomic E-state index is 12.1. The standard InChI is InChI=1S/C26H46N4O8/c1-19(35-23(31)21-9-5-3-6-10-21)37-25(33)29-17-15-27-13-14-28-16-18-30-26(34)38-20(2)36-24(32)22-11-7-4-8-12-22/h19-22,27-28H,3-18H2,1-2H3,(H,29,33)(H,30,34)/t19-,20-/m0/s1. The first-order valence-corrected chi connectivity index (χ1v) is 14.1. The number of alkyl carbamates (subject to hydrolysis) is 2. The molecule has 2 aliphatic carbocycles. The van der Waals surface area contributed by atoms with Crippen LogP contribution in [0.1, 0.15) is 78.1 Å². The SMILES string of the molecule is C[C@H](OC(=O)NCCNCCNCCNC(=O)O[C@@H](C)OC(=O)C1CCCCC1)OC(=O)C1CCCCC1. The molecule has 2 aliphatic rings. The van der Waals surface area contributed by atoms with Crippen molar-refractivity contribution in [1.82, 2.24) is 21.3 Å². The lowest BCUT2D eigenvalue weighted by Gasteiger charge is -2.22. The summed E-state index contributed by atoms with van der Waals surface area (Å²) in [7, 11) is 0. The summed E-state index contributed by atoms with van der Waals surface area (Å²) < 4.78 is 20.6. The molecular formula is C26H46N4O8. The van der Waals surface area contributed by atoms with Crippen LogP contribution in [0.25, 0.3) is 0 Å². The van der Waals surface area contributed by atoms with Gasteiger partial charge in [0.25, 0.3) is 0 Å². The molecule has 0 saturated heterocycles. The molecule has 2 saturated carbocycles. The third kappa shape index (κ3) is 13.8. The molecule has 0 unspecified atom stereocenters. The van der Waals surface area contributed by atoms with Crippen LogP contribution < -0.4 is 21.3 Å². The molecule has 12 heteroatoms. The summed E-state index contributed by atoms with van der Waals surface area (Å²) >= 11 is 0. The van der Waals surface area contributed by atoms with Gasteiger partial charge in [0, 0.05) is 53.1 Å². The van der Waals surface area contributed by atoms with Gasteiger partial charge >= 0.3 is 24.1 Å². The highest BCUT2D eigenvalue weighted by Crippen LogP contribution is 2.26. The van der Waals surface area contributed by atoms with Gasteiger partial charge in [-0.3, -0.25) is 9.59 Å². The second kappa shape index (κ2) is 18.6. The van der Waals surface area contributed by atoms with E-state index in [9.17, 15) is 19.2 Å². The molecule has 38 heavy (non-hydrogen) atoms. The number of rotatable bonds is 15. The number of amides is 2. The molecule has 2 atom stereocenters. The molecule has 2 rings (SSSR count). The van der Waals surface area contributed by atoms with Crippen molar-refractivity contribution in [3.63, 3.8) is 0 Å². The fourth-order valence-electron chi connectivity index (χ4n) is 4.56. The summed E-state index contributed by atoms with van der Waals surface area (Å²) in [6, 6.07) is 0. The Labute approximate surface area is 225 Å². The van der Waals surface area contributed by atoms with E-state index in [1.165, 1.54) is 13.8 Å². The van der Waals surface area contributed by atoms with E-state index in [2.05, 4.69) is 21.3 Å².